The molecule has 2 heterocycles. The summed E-state index contributed by atoms with van der Waals surface area (Å²) in [7, 11) is -1.68. The smallest absolute Gasteiger partial charge is 0.252 e. The fourth-order valence-corrected chi connectivity index (χ4v) is 5.35. The Labute approximate surface area is 125 Å². The number of hydrogen-bond acceptors (Lipinski definition) is 5. The van der Waals surface area contributed by atoms with Gasteiger partial charge in [0, 0.05) is 19.6 Å². The molecule has 0 aromatic carbocycles. The number of hydrogen-bond donors (Lipinski definition) is 1. The van der Waals surface area contributed by atoms with E-state index in [9.17, 15) is 8.42 Å². The molecule has 20 heavy (non-hydrogen) atoms. The van der Waals surface area contributed by atoms with Gasteiger partial charge in [0.05, 0.1) is 0 Å². The van der Waals surface area contributed by atoms with E-state index >= 15 is 0 Å². The van der Waals surface area contributed by atoms with Gasteiger partial charge in [0.2, 0.25) is 0 Å². The van der Waals surface area contributed by atoms with Crippen LogP contribution >= 0.6 is 11.3 Å². The summed E-state index contributed by atoms with van der Waals surface area (Å²) in [5, 5.41) is 1.82. The highest BCUT2D eigenvalue weighted by molar-refractivity contribution is 7.91. The second-order valence-corrected chi connectivity index (χ2v) is 8.30. The van der Waals surface area contributed by atoms with E-state index in [1.165, 1.54) is 11.3 Å². The topological polar surface area (TPSA) is 66.6 Å². The predicted molar refractivity (Wildman–Crippen MR) is 82.3 cm³/mol. The summed E-state index contributed by atoms with van der Waals surface area (Å²) in [6.07, 6.45) is 1.80. The van der Waals surface area contributed by atoms with Crippen LogP contribution in [0.4, 0.5) is 0 Å². The Morgan fingerprint density at radius 1 is 1.45 bits per heavy atom. The standard InChI is InChI=1S/C13H23N3O2S2/c1-3-16-6-4-12(5-7-16)15(2)20(17,18)13-8-11(9-14)10-19-13/h8,10,12H,3-7,9,14H2,1-2H3. The number of thiophene rings is 1. The molecule has 0 saturated carbocycles. The van der Waals surface area contributed by atoms with E-state index in [4.69, 9.17) is 5.73 Å². The normalized spacial score (nSPS) is 18.8. The summed E-state index contributed by atoms with van der Waals surface area (Å²) in [5.41, 5.74) is 6.43. The van der Waals surface area contributed by atoms with Gasteiger partial charge in [0.1, 0.15) is 4.21 Å². The lowest BCUT2D eigenvalue weighted by atomic mass is 10.1. The first-order chi connectivity index (χ1) is 9.48. The van der Waals surface area contributed by atoms with Crippen molar-refractivity contribution in [3.05, 3.63) is 17.0 Å². The van der Waals surface area contributed by atoms with Gasteiger partial charge in [-0.3, -0.25) is 0 Å². The van der Waals surface area contributed by atoms with E-state index in [-0.39, 0.29) is 6.04 Å². The predicted octanol–water partition coefficient (Wildman–Crippen LogP) is 1.31. The van der Waals surface area contributed by atoms with Crippen LogP contribution in [0.15, 0.2) is 15.7 Å². The van der Waals surface area contributed by atoms with Crippen molar-refractivity contribution in [2.24, 2.45) is 5.73 Å². The zero-order chi connectivity index (χ0) is 14.8. The number of piperidine rings is 1. The van der Waals surface area contributed by atoms with Crippen LogP contribution in [-0.2, 0) is 16.6 Å². The van der Waals surface area contributed by atoms with E-state index in [2.05, 4.69) is 11.8 Å². The molecule has 0 unspecified atom stereocenters. The minimum Gasteiger partial charge on any atom is -0.326 e. The van der Waals surface area contributed by atoms with Crippen molar-refractivity contribution >= 4 is 21.4 Å². The van der Waals surface area contributed by atoms with Crippen molar-refractivity contribution in [3.8, 4) is 0 Å². The Kier molecular flexibility index (Phi) is 5.19. The molecule has 1 aliphatic rings. The van der Waals surface area contributed by atoms with Gasteiger partial charge >= 0.3 is 0 Å². The largest absolute Gasteiger partial charge is 0.326 e. The van der Waals surface area contributed by atoms with E-state index in [1.54, 1.807) is 17.4 Å². The molecule has 7 heteroatoms. The third-order valence-corrected chi connectivity index (χ3v) is 7.39. The maximum atomic E-state index is 12.6. The van der Waals surface area contributed by atoms with Gasteiger partial charge in [-0.1, -0.05) is 6.92 Å². The third-order valence-electron chi connectivity index (χ3n) is 4.02. The fourth-order valence-electron chi connectivity index (χ4n) is 2.53. The van der Waals surface area contributed by atoms with Crippen LogP contribution in [0.5, 0.6) is 0 Å². The van der Waals surface area contributed by atoms with E-state index in [1.807, 2.05) is 5.38 Å². The molecule has 0 atom stereocenters. The molecule has 0 spiro atoms. The maximum absolute atomic E-state index is 12.6. The van der Waals surface area contributed by atoms with Crippen molar-refractivity contribution in [1.82, 2.24) is 9.21 Å². The van der Waals surface area contributed by atoms with Crippen molar-refractivity contribution in [1.29, 1.82) is 0 Å². The second kappa shape index (κ2) is 6.53. The molecule has 0 amide bonds. The third kappa shape index (κ3) is 3.23. The number of sulfonamides is 1. The van der Waals surface area contributed by atoms with Crippen LogP contribution in [0.25, 0.3) is 0 Å². The van der Waals surface area contributed by atoms with Gasteiger partial charge in [-0.2, -0.15) is 4.31 Å². The van der Waals surface area contributed by atoms with Gasteiger partial charge in [-0.25, -0.2) is 8.42 Å². The molecular weight excluding hydrogens is 294 g/mol. The average molecular weight is 317 g/mol. The van der Waals surface area contributed by atoms with E-state index < -0.39 is 10.0 Å². The van der Waals surface area contributed by atoms with E-state index in [0.717, 1.165) is 38.0 Å². The molecule has 114 valence electrons. The number of likely N-dealkylation sites (tertiary alicyclic amines) is 1. The summed E-state index contributed by atoms with van der Waals surface area (Å²) < 4.78 is 27.1. The first kappa shape index (κ1) is 15.9. The molecular formula is C13H23N3O2S2. The summed E-state index contributed by atoms with van der Waals surface area (Å²) in [6, 6.07) is 1.80. The van der Waals surface area contributed by atoms with Crippen molar-refractivity contribution < 1.29 is 8.42 Å². The lowest BCUT2D eigenvalue weighted by molar-refractivity contribution is 0.176. The monoisotopic (exact) mass is 317 g/mol. The van der Waals surface area contributed by atoms with Crippen LogP contribution in [0.2, 0.25) is 0 Å². The molecule has 1 aromatic rings. The summed E-state index contributed by atoms with van der Waals surface area (Å²) >= 11 is 1.26. The molecule has 5 nitrogen and oxygen atoms in total. The Balaban J connectivity index is 2.09. The molecule has 2 N–H and O–H groups in total. The zero-order valence-electron chi connectivity index (χ0n) is 12.1. The van der Waals surface area contributed by atoms with Gasteiger partial charge in [0.25, 0.3) is 10.0 Å². The Bertz CT molecular complexity index is 534. The number of nitrogens with two attached hydrogens (primary N) is 1. The summed E-state index contributed by atoms with van der Waals surface area (Å²) in [6.45, 7) is 5.50. The van der Waals surface area contributed by atoms with Crippen LogP contribution in [0.3, 0.4) is 0 Å². The van der Waals surface area contributed by atoms with Crippen molar-refractivity contribution in [3.63, 3.8) is 0 Å². The molecule has 2 rings (SSSR count). The SMILES string of the molecule is CCN1CCC(N(C)S(=O)(=O)c2cc(CN)cs2)CC1. The molecule has 1 saturated heterocycles. The number of rotatable bonds is 5. The van der Waals surface area contributed by atoms with Crippen molar-refractivity contribution in [2.45, 2.75) is 36.6 Å². The molecule has 0 radical (unpaired) electrons. The molecule has 0 bridgehead atoms. The first-order valence-electron chi connectivity index (χ1n) is 6.97. The highest BCUT2D eigenvalue weighted by Gasteiger charge is 2.31. The van der Waals surface area contributed by atoms with Gasteiger partial charge in [0.15, 0.2) is 0 Å². The van der Waals surface area contributed by atoms with Gasteiger partial charge in [-0.15, -0.1) is 11.3 Å². The molecule has 0 aliphatic carbocycles. The minimum absolute atomic E-state index is 0.103. The second-order valence-electron chi connectivity index (χ2n) is 5.16. The van der Waals surface area contributed by atoms with Gasteiger partial charge in [-0.05, 0) is 49.5 Å². The zero-order valence-corrected chi connectivity index (χ0v) is 13.7. The van der Waals surface area contributed by atoms with Gasteiger partial charge < -0.3 is 10.6 Å². The Morgan fingerprint density at radius 2 is 2.10 bits per heavy atom. The lowest BCUT2D eigenvalue weighted by Crippen LogP contribution is -2.45. The van der Waals surface area contributed by atoms with Crippen LogP contribution < -0.4 is 5.73 Å². The molecule has 1 aromatic heterocycles. The highest BCUT2D eigenvalue weighted by atomic mass is 32.2. The molecule has 1 aliphatic heterocycles. The quantitative estimate of drug-likeness (QED) is 0.889. The Hall–Kier alpha value is -0.470. The first-order valence-corrected chi connectivity index (χ1v) is 9.29. The highest BCUT2D eigenvalue weighted by Crippen LogP contribution is 2.27. The lowest BCUT2D eigenvalue weighted by Gasteiger charge is -2.35. The van der Waals surface area contributed by atoms with E-state index in [0.29, 0.717) is 10.8 Å². The van der Waals surface area contributed by atoms with Crippen LogP contribution in [0.1, 0.15) is 25.3 Å². The summed E-state index contributed by atoms with van der Waals surface area (Å²) in [4.78, 5) is 2.36. The average Bonchev–Trinajstić information content (AvgIpc) is 2.96. The minimum atomic E-state index is -3.37. The Morgan fingerprint density at radius 3 is 2.60 bits per heavy atom. The van der Waals surface area contributed by atoms with Crippen LogP contribution in [0, 0.1) is 0 Å². The fraction of sp³-hybridized carbons (Fsp3) is 0.692. The maximum Gasteiger partial charge on any atom is 0.252 e. The number of nitrogens with zero attached hydrogens (tertiary/aromatic N) is 2. The van der Waals surface area contributed by atoms with Crippen LogP contribution in [-0.4, -0.2) is 50.3 Å². The van der Waals surface area contributed by atoms with Crippen molar-refractivity contribution in [2.75, 3.05) is 26.7 Å². The summed E-state index contributed by atoms with van der Waals surface area (Å²) in [5.74, 6) is 0. The molecule has 1 fully saturated rings.